The lowest BCUT2D eigenvalue weighted by Gasteiger charge is -2.40. The molecule has 25 nitrogen and oxygen atoms in total. The van der Waals surface area contributed by atoms with Gasteiger partial charge in [-0.05, 0) is 89.9 Å². The van der Waals surface area contributed by atoms with Crippen LogP contribution in [0.15, 0.2) is 0 Å². The molecule has 3 heterocycles. The van der Waals surface area contributed by atoms with Gasteiger partial charge in [-0.1, -0.05) is 98.3 Å². The van der Waals surface area contributed by atoms with Crippen molar-refractivity contribution in [2.45, 2.75) is 307 Å². The van der Waals surface area contributed by atoms with Crippen LogP contribution in [-0.4, -0.2) is 220 Å². The Kier molecular flexibility index (Phi) is 44.3. The van der Waals surface area contributed by atoms with Crippen LogP contribution in [0.4, 0.5) is 0 Å². The molecule has 4 amide bonds. The number of hydrogen-bond donors (Lipinski definition) is 13. The van der Waals surface area contributed by atoms with Crippen LogP contribution in [0.3, 0.4) is 0 Å². The summed E-state index contributed by atoms with van der Waals surface area (Å²) in [6.45, 7) is 7.80. The number of aliphatic hydroxyl groups excluding tert-OH is 9. The molecular weight excluding hydrogens is 1200 g/mol. The SMILES string of the molecule is CCCCCCCCCC(=O)CCCCCNC(=O)C(CCCCNC(=O)CCCCCO[C@@H]1OC(CO)[C@H](O)[C@H](O)C1C)CC(=O)C(CCCCNC(=O)CCCCCO[C@@H]1OC(CO)[C@H](O)[C@H](O)C1C)NC(=O)CCCCCO[C@@H]1OC(CO)[C@H](O)[C@H](O)C1C. The third-order valence-corrected chi connectivity index (χ3v) is 18.1. The van der Waals surface area contributed by atoms with Crippen molar-refractivity contribution < 1.29 is 103 Å². The van der Waals surface area contributed by atoms with E-state index in [0.29, 0.717) is 142 Å². The molecule has 25 heteroatoms. The molecule has 3 rings (SSSR count). The maximum atomic E-state index is 14.4. The number of aliphatic hydroxyl groups is 9. The van der Waals surface area contributed by atoms with E-state index in [1.54, 1.807) is 20.8 Å². The summed E-state index contributed by atoms with van der Waals surface area (Å²) in [5, 5.41) is 102. The average molecular weight is 1320 g/mol. The van der Waals surface area contributed by atoms with Crippen LogP contribution >= 0.6 is 0 Å². The summed E-state index contributed by atoms with van der Waals surface area (Å²) in [4.78, 5) is 80.2. The monoisotopic (exact) mass is 1320 g/mol. The molecule has 0 aromatic heterocycles. The Hall–Kier alpha value is -3.38. The van der Waals surface area contributed by atoms with Gasteiger partial charge in [0.1, 0.15) is 42.4 Å². The number of hydrogen-bond acceptors (Lipinski definition) is 21. The van der Waals surface area contributed by atoms with E-state index < -0.39 is 123 Å². The van der Waals surface area contributed by atoms with Gasteiger partial charge in [0.25, 0.3) is 0 Å². The lowest BCUT2D eigenvalue weighted by molar-refractivity contribution is -0.282. The largest absolute Gasteiger partial charge is 0.394 e. The van der Waals surface area contributed by atoms with Gasteiger partial charge in [0.2, 0.25) is 23.6 Å². The highest BCUT2D eigenvalue weighted by Gasteiger charge is 2.45. The van der Waals surface area contributed by atoms with Crippen molar-refractivity contribution in [3.8, 4) is 0 Å². The number of nitrogens with one attached hydrogen (secondary N) is 4. The Labute approximate surface area is 547 Å². The summed E-state index contributed by atoms with van der Waals surface area (Å²) in [7, 11) is 0. The third-order valence-electron chi connectivity index (χ3n) is 18.1. The number of ether oxygens (including phenoxy) is 6. The van der Waals surface area contributed by atoms with Crippen molar-refractivity contribution in [3.05, 3.63) is 0 Å². The van der Waals surface area contributed by atoms with E-state index in [2.05, 4.69) is 28.2 Å². The van der Waals surface area contributed by atoms with Crippen molar-refractivity contribution >= 4 is 35.2 Å². The van der Waals surface area contributed by atoms with Crippen molar-refractivity contribution in [3.63, 3.8) is 0 Å². The molecule has 3 fully saturated rings. The van der Waals surface area contributed by atoms with Crippen LogP contribution < -0.4 is 21.3 Å². The number of unbranched alkanes of at least 4 members (excludes halogenated alkanes) is 16. The number of carbonyl (C=O) groups excluding carboxylic acids is 6. The first-order valence-corrected chi connectivity index (χ1v) is 35.1. The highest BCUT2D eigenvalue weighted by molar-refractivity contribution is 5.92. The van der Waals surface area contributed by atoms with Crippen molar-refractivity contribution in [1.29, 1.82) is 0 Å². The van der Waals surface area contributed by atoms with Gasteiger partial charge < -0.3 is 95.6 Å². The number of ketones is 2. The Morgan fingerprint density at radius 3 is 1.17 bits per heavy atom. The standard InChI is InChI=1S/C67H122N4O21/c1-5-6-7-8-9-10-15-29-49(75)30-16-11-22-37-70-64(86)48(28-20-23-35-68-55(77)32-17-12-25-38-87-65-45(2)58(80)61(83)52(42-72)90-65)41-51(76)50(71-57(79)34-19-14-27-40-89-67-47(4)60(82)63(85)54(44-74)92-67)31-21-24-36-69-56(78)33-18-13-26-39-88-66-46(3)59(81)62(84)53(43-73)91-66/h45-48,50,52-54,58-63,65-67,72-74,80-85H,5-44H2,1-4H3,(H,68,77)(H,69,78)(H,70,86)(H,71,79)/t45?,46?,47?,48?,50?,52?,53?,54?,58-,59-,60-,61+,62+,63+,65-,66-,67-/m1/s1. The molecule has 3 aliphatic rings. The zero-order valence-electron chi connectivity index (χ0n) is 56.0. The maximum Gasteiger partial charge on any atom is 0.223 e. The second kappa shape index (κ2) is 49.2. The van der Waals surface area contributed by atoms with E-state index in [0.717, 1.165) is 32.1 Å². The first kappa shape index (κ1) is 82.8. The normalized spacial score (nSPS) is 27.2. The Morgan fingerprint density at radius 1 is 0.402 bits per heavy atom. The van der Waals surface area contributed by atoms with Gasteiger partial charge in [-0.2, -0.15) is 0 Å². The summed E-state index contributed by atoms with van der Waals surface area (Å²) < 4.78 is 34.3. The lowest BCUT2D eigenvalue weighted by Crippen LogP contribution is -2.55. The Bertz CT molecular complexity index is 2010. The zero-order valence-corrected chi connectivity index (χ0v) is 56.0. The fraction of sp³-hybridized carbons (Fsp3) is 0.910. The topological polar surface area (TPSA) is 388 Å². The summed E-state index contributed by atoms with van der Waals surface area (Å²) in [6.07, 6.45) is 7.63. The average Bonchev–Trinajstić information content (AvgIpc) is 0.943. The van der Waals surface area contributed by atoms with E-state index >= 15 is 0 Å². The minimum atomic E-state index is -1.24. The van der Waals surface area contributed by atoms with Crippen LogP contribution in [0.25, 0.3) is 0 Å². The quantitative estimate of drug-likeness (QED) is 0.0383. The molecule has 92 heavy (non-hydrogen) atoms. The fourth-order valence-corrected chi connectivity index (χ4v) is 11.8. The third kappa shape index (κ3) is 32.6. The smallest absolute Gasteiger partial charge is 0.223 e. The molecule has 8 unspecified atom stereocenters. The van der Waals surface area contributed by atoms with Gasteiger partial charge in [0.15, 0.2) is 24.7 Å². The molecule has 536 valence electrons. The molecule has 0 bridgehead atoms. The van der Waals surface area contributed by atoms with Crippen LogP contribution in [0, 0.1) is 23.7 Å². The van der Waals surface area contributed by atoms with Gasteiger partial charge in [-0.15, -0.1) is 0 Å². The molecule has 0 aliphatic carbocycles. The fourth-order valence-electron chi connectivity index (χ4n) is 11.8. The van der Waals surface area contributed by atoms with Crippen LogP contribution in [-0.2, 0) is 57.2 Å². The van der Waals surface area contributed by atoms with Crippen molar-refractivity contribution in [2.75, 3.05) is 59.3 Å². The highest BCUT2D eigenvalue weighted by Crippen LogP contribution is 2.30. The Morgan fingerprint density at radius 2 is 0.750 bits per heavy atom. The summed E-state index contributed by atoms with van der Waals surface area (Å²) in [5.74, 6) is -3.19. The molecule has 0 aromatic rings. The lowest BCUT2D eigenvalue weighted by atomic mass is 9.91. The van der Waals surface area contributed by atoms with E-state index in [4.69, 9.17) is 28.4 Å². The van der Waals surface area contributed by atoms with Gasteiger partial charge in [-0.3, -0.25) is 28.8 Å². The highest BCUT2D eigenvalue weighted by atomic mass is 16.7. The van der Waals surface area contributed by atoms with E-state index in [-0.39, 0.29) is 73.9 Å². The molecule has 3 aliphatic heterocycles. The molecule has 0 spiro atoms. The zero-order chi connectivity index (χ0) is 67.6. The molecule has 0 saturated carbocycles. The summed E-state index contributed by atoms with van der Waals surface area (Å²) in [5.41, 5.74) is 0. The molecule has 0 radical (unpaired) electrons. The van der Waals surface area contributed by atoms with Gasteiger partial charge >= 0.3 is 0 Å². The number of rotatable bonds is 53. The number of carbonyl (C=O) groups is 6. The number of Topliss-reactive ketones (excluding diaryl/α,β-unsaturated/α-hetero) is 2. The van der Waals surface area contributed by atoms with Crippen LogP contribution in [0.5, 0.6) is 0 Å². The van der Waals surface area contributed by atoms with Gasteiger partial charge in [-0.25, -0.2) is 0 Å². The first-order chi connectivity index (χ1) is 44.3. The first-order valence-electron chi connectivity index (χ1n) is 35.1. The molecule has 0 aromatic carbocycles. The predicted octanol–water partition coefficient (Wildman–Crippen LogP) is 3.96. The summed E-state index contributed by atoms with van der Waals surface area (Å²) in [6, 6.07) is -0.913. The predicted molar refractivity (Wildman–Crippen MR) is 342 cm³/mol. The number of amides is 4. The van der Waals surface area contributed by atoms with Crippen LogP contribution in [0.2, 0.25) is 0 Å². The van der Waals surface area contributed by atoms with Crippen molar-refractivity contribution in [2.24, 2.45) is 23.7 Å². The van der Waals surface area contributed by atoms with E-state index in [1.165, 1.54) is 25.7 Å². The Balaban J connectivity index is 1.55. The molecule has 3 saturated heterocycles. The minimum Gasteiger partial charge on any atom is -0.394 e. The second-order valence-electron chi connectivity index (χ2n) is 25.9. The molecule has 17 atom stereocenters. The molecule has 13 N–H and O–H groups in total. The minimum absolute atomic E-state index is 0.110. The van der Waals surface area contributed by atoms with Gasteiger partial charge in [0.05, 0.1) is 44.2 Å². The van der Waals surface area contributed by atoms with E-state index in [1.807, 2.05) is 0 Å². The van der Waals surface area contributed by atoms with Gasteiger partial charge in [0, 0.05) is 102 Å². The second-order valence-corrected chi connectivity index (χ2v) is 25.9. The molecular formula is C67H122N4O21. The van der Waals surface area contributed by atoms with Crippen LogP contribution in [0.1, 0.15) is 227 Å². The summed E-state index contributed by atoms with van der Waals surface area (Å²) >= 11 is 0. The maximum absolute atomic E-state index is 14.4. The van der Waals surface area contributed by atoms with E-state index in [9.17, 15) is 74.7 Å². The van der Waals surface area contributed by atoms with Crippen molar-refractivity contribution in [1.82, 2.24) is 21.3 Å².